The van der Waals surface area contributed by atoms with Crippen LogP contribution in [0.2, 0.25) is 10.0 Å². The molecule has 7 heteroatoms. The van der Waals surface area contributed by atoms with E-state index in [1.807, 2.05) is 12.1 Å². The number of urea groups is 1. The van der Waals surface area contributed by atoms with E-state index >= 15 is 0 Å². The molecular weight excluding hydrogens is 399 g/mol. The molecule has 5 nitrogen and oxygen atoms in total. The van der Waals surface area contributed by atoms with Crippen molar-refractivity contribution in [3.05, 3.63) is 63.1 Å². The van der Waals surface area contributed by atoms with Crippen LogP contribution in [0.5, 0.6) is 5.75 Å². The van der Waals surface area contributed by atoms with E-state index in [1.54, 1.807) is 25.1 Å². The van der Waals surface area contributed by atoms with Crippen LogP contribution < -0.4 is 10.1 Å². The Morgan fingerprint density at radius 3 is 2.57 bits per heavy atom. The number of fused-ring (bicyclic) bond motifs is 1. The molecule has 146 valence electrons. The summed E-state index contributed by atoms with van der Waals surface area (Å²) in [5, 5.41) is 3.60. The fourth-order valence-electron chi connectivity index (χ4n) is 3.84. The van der Waals surface area contributed by atoms with Crippen molar-refractivity contribution in [3.63, 3.8) is 0 Å². The number of carbonyl (C=O) groups excluding carboxylic acids is 2. The van der Waals surface area contributed by atoms with Crippen molar-refractivity contribution in [2.45, 2.75) is 31.7 Å². The molecule has 2 aliphatic rings. The van der Waals surface area contributed by atoms with E-state index in [-0.39, 0.29) is 19.1 Å². The maximum absolute atomic E-state index is 13.0. The number of nitrogens with zero attached hydrogens (tertiary/aromatic N) is 1. The number of carbonyl (C=O) groups is 2. The zero-order valence-electron chi connectivity index (χ0n) is 15.4. The van der Waals surface area contributed by atoms with E-state index in [9.17, 15) is 9.59 Å². The fraction of sp³-hybridized carbons (Fsp3) is 0.333. The first-order valence-electron chi connectivity index (χ1n) is 9.23. The minimum absolute atomic E-state index is 0.100. The second-order valence-electron chi connectivity index (χ2n) is 7.25. The summed E-state index contributed by atoms with van der Waals surface area (Å²) in [6, 6.07) is 10.7. The lowest BCUT2D eigenvalue weighted by molar-refractivity contribution is -0.131. The van der Waals surface area contributed by atoms with Gasteiger partial charge in [-0.25, -0.2) is 4.79 Å². The number of imide groups is 1. The number of para-hydroxylation sites is 1. The number of hydrogen-bond acceptors (Lipinski definition) is 3. The first kappa shape index (κ1) is 19.1. The summed E-state index contributed by atoms with van der Waals surface area (Å²) < 4.78 is 5.62. The second-order valence-corrected chi connectivity index (χ2v) is 8.06. The van der Waals surface area contributed by atoms with Crippen molar-refractivity contribution < 1.29 is 14.3 Å². The number of amides is 3. The predicted octanol–water partition coefficient (Wildman–Crippen LogP) is 4.33. The summed E-state index contributed by atoms with van der Waals surface area (Å²) in [7, 11) is 0. The smallest absolute Gasteiger partial charge is 0.325 e. The van der Waals surface area contributed by atoms with Crippen LogP contribution in [-0.4, -0.2) is 30.0 Å². The van der Waals surface area contributed by atoms with E-state index in [4.69, 9.17) is 27.9 Å². The first-order chi connectivity index (χ1) is 13.4. The molecule has 1 heterocycles. The van der Waals surface area contributed by atoms with E-state index in [2.05, 4.69) is 11.4 Å². The minimum atomic E-state index is -1.07. The number of halogens is 2. The van der Waals surface area contributed by atoms with Gasteiger partial charge in [0.15, 0.2) is 5.75 Å². The van der Waals surface area contributed by atoms with E-state index in [0.717, 1.165) is 24.8 Å². The molecule has 1 atom stereocenters. The number of nitrogens with one attached hydrogen (secondary N) is 1. The Hall–Kier alpha value is -2.24. The predicted molar refractivity (Wildman–Crippen MR) is 108 cm³/mol. The van der Waals surface area contributed by atoms with Crippen LogP contribution in [-0.2, 0) is 23.2 Å². The lowest BCUT2D eigenvalue weighted by atomic mass is 9.90. The molecule has 2 aromatic carbocycles. The van der Waals surface area contributed by atoms with Crippen LogP contribution in [0, 0.1) is 0 Å². The van der Waals surface area contributed by atoms with Crippen molar-refractivity contribution in [3.8, 4) is 5.75 Å². The third kappa shape index (κ3) is 3.23. The average Bonchev–Trinajstić information content (AvgIpc) is 3.21. The van der Waals surface area contributed by atoms with Gasteiger partial charge in [-0.05, 0) is 55.0 Å². The summed E-state index contributed by atoms with van der Waals surface area (Å²) in [5.41, 5.74) is 2.32. The molecule has 0 radical (unpaired) electrons. The SMILES string of the molecule is CC1(c2ccc3c(c2)CCC3)NC(=O)N(CCOc2c(Cl)cccc2Cl)C1=O. The van der Waals surface area contributed by atoms with Gasteiger partial charge in [0.2, 0.25) is 0 Å². The molecule has 1 N–H and O–H groups in total. The van der Waals surface area contributed by atoms with Crippen molar-refractivity contribution in [2.75, 3.05) is 13.2 Å². The van der Waals surface area contributed by atoms with Gasteiger partial charge in [0.1, 0.15) is 12.1 Å². The van der Waals surface area contributed by atoms with Gasteiger partial charge in [-0.1, -0.05) is 47.5 Å². The Kier molecular flexibility index (Phi) is 4.98. The highest BCUT2D eigenvalue weighted by Crippen LogP contribution is 2.34. The Labute approximate surface area is 173 Å². The third-order valence-corrected chi connectivity index (χ3v) is 6.03. The molecule has 1 unspecified atom stereocenters. The van der Waals surface area contributed by atoms with Crippen LogP contribution >= 0.6 is 23.2 Å². The molecule has 0 aromatic heterocycles. The van der Waals surface area contributed by atoms with Gasteiger partial charge in [0.05, 0.1) is 16.6 Å². The molecule has 28 heavy (non-hydrogen) atoms. The van der Waals surface area contributed by atoms with Gasteiger partial charge in [-0.3, -0.25) is 9.69 Å². The summed E-state index contributed by atoms with van der Waals surface area (Å²) >= 11 is 12.2. The van der Waals surface area contributed by atoms with Gasteiger partial charge in [0, 0.05) is 0 Å². The number of benzene rings is 2. The zero-order valence-corrected chi connectivity index (χ0v) is 16.9. The monoisotopic (exact) mass is 418 g/mol. The van der Waals surface area contributed by atoms with Gasteiger partial charge in [0.25, 0.3) is 5.91 Å². The van der Waals surface area contributed by atoms with Crippen LogP contribution in [0.1, 0.15) is 30.0 Å². The molecule has 1 fully saturated rings. The lowest BCUT2D eigenvalue weighted by Crippen LogP contribution is -2.41. The normalized spacial score (nSPS) is 21.0. The molecular formula is C21H20Cl2N2O3. The Morgan fingerprint density at radius 2 is 1.82 bits per heavy atom. The maximum Gasteiger partial charge on any atom is 0.325 e. The Morgan fingerprint density at radius 1 is 1.11 bits per heavy atom. The standard InChI is InChI=1S/C21H20Cl2N2O3/c1-21(15-9-8-13-4-2-5-14(13)12-15)19(26)25(20(27)24-21)10-11-28-18-16(22)6-3-7-17(18)23/h3,6-9,12H,2,4-5,10-11H2,1H3,(H,24,27). The van der Waals surface area contributed by atoms with Crippen molar-refractivity contribution >= 4 is 35.1 Å². The van der Waals surface area contributed by atoms with Crippen molar-refractivity contribution in [2.24, 2.45) is 0 Å². The van der Waals surface area contributed by atoms with E-state index in [1.165, 1.54) is 16.0 Å². The average molecular weight is 419 g/mol. The molecule has 1 saturated heterocycles. The van der Waals surface area contributed by atoms with Gasteiger partial charge in [-0.2, -0.15) is 0 Å². The number of hydrogen-bond donors (Lipinski definition) is 1. The van der Waals surface area contributed by atoms with Crippen LogP contribution in [0.4, 0.5) is 4.79 Å². The maximum atomic E-state index is 13.0. The van der Waals surface area contributed by atoms with Crippen LogP contribution in [0.15, 0.2) is 36.4 Å². The van der Waals surface area contributed by atoms with Crippen LogP contribution in [0.3, 0.4) is 0 Å². The Balaban J connectivity index is 1.48. The molecule has 0 spiro atoms. The third-order valence-electron chi connectivity index (χ3n) is 5.43. The van der Waals surface area contributed by atoms with Crippen molar-refractivity contribution in [1.29, 1.82) is 0 Å². The topological polar surface area (TPSA) is 58.6 Å². The Bertz CT molecular complexity index is 942. The largest absolute Gasteiger partial charge is 0.489 e. The molecule has 1 aliphatic heterocycles. The van der Waals surface area contributed by atoms with E-state index < -0.39 is 11.6 Å². The highest BCUT2D eigenvalue weighted by molar-refractivity contribution is 6.37. The lowest BCUT2D eigenvalue weighted by Gasteiger charge is -2.23. The molecule has 2 aromatic rings. The summed E-state index contributed by atoms with van der Waals surface area (Å²) in [6.45, 7) is 1.95. The highest BCUT2D eigenvalue weighted by atomic mass is 35.5. The second kappa shape index (κ2) is 7.30. The number of ether oxygens (including phenoxy) is 1. The quantitative estimate of drug-likeness (QED) is 0.735. The summed E-state index contributed by atoms with van der Waals surface area (Å²) in [5.74, 6) is 0.0589. The molecule has 4 rings (SSSR count). The molecule has 3 amide bonds. The first-order valence-corrected chi connectivity index (χ1v) is 9.99. The molecule has 0 bridgehead atoms. The van der Waals surface area contributed by atoms with Gasteiger partial charge >= 0.3 is 6.03 Å². The van der Waals surface area contributed by atoms with Gasteiger partial charge in [-0.15, -0.1) is 0 Å². The fourth-order valence-corrected chi connectivity index (χ4v) is 4.34. The van der Waals surface area contributed by atoms with Crippen LogP contribution in [0.25, 0.3) is 0 Å². The van der Waals surface area contributed by atoms with Gasteiger partial charge < -0.3 is 10.1 Å². The zero-order chi connectivity index (χ0) is 19.9. The number of aryl methyl sites for hydroxylation is 2. The molecule has 1 aliphatic carbocycles. The highest BCUT2D eigenvalue weighted by Gasteiger charge is 2.49. The summed E-state index contributed by atoms with van der Waals surface area (Å²) in [6.07, 6.45) is 3.21. The van der Waals surface area contributed by atoms with E-state index in [0.29, 0.717) is 15.8 Å². The summed E-state index contributed by atoms with van der Waals surface area (Å²) in [4.78, 5) is 26.7. The molecule has 0 saturated carbocycles. The van der Waals surface area contributed by atoms with Crippen molar-refractivity contribution in [1.82, 2.24) is 10.2 Å². The number of rotatable bonds is 5. The minimum Gasteiger partial charge on any atom is -0.489 e.